The summed E-state index contributed by atoms with van der Waals surface area (Å²) in [7, 11) is 0. The number of ketones is 1. The molecule has 0 aromatic heterocycles. The van der Waals surface area contributed by atoms with Crippen molar-refractivity contribution in [1.82, 2.24) is 5.32 Å². The third kappa shape index (κ3) is 6.32. The van der Waals surface area contributed by atoms with Crippen LogP contribution >= 0.6 is 12.4 Å². The Morgan fingerprint density at radius 1 is 0.966 bits per heavy atom. The lowest BCUT2D eigenvalue weighted by molar-refractivity contribution is -0.140. The molecule has 2 aromatic carbocycles. The fraction of sp³-hybridized carbons (Fsp3) is 0.318. The van der Waals surface area contributed by atoms with E-state index < -0.39 is 0 Å². The number of halogens is 1. The molecule has 4 N–H and O–H groups in total. The average molecular weight is 416 g/mol. The molecule has 0 radical (unpaired) electrons. The van der Waals surface area contributed by atoms with Crippen molar-refractivity contribution in [3.63, 3.8) is 0 Å². The fourth-order valence-electron chi connectivity index (χ4n) is 3.49. The van der Waals surface area contributed by atoms with Gasteiger partial charge in [0.05, 0.1) is 5.92 Å². The molecule has 154 valence electrons. The highest BCUT2D eigenvalue weighted by Crippen LogP contribution is 2.29. The van der Waals surface area contributed by atoms with E-state index in [1.807, 2.05) is 18.2 Å². The van der Waals surface area contributed by atoms with Crippen LogP contribution in [0.2, 0.25) is 0 Å². The van der Waals surface area contributed by atoms with E-state index in [0.717, 1.165) is 25.7 Å². The Bertz CT molecular complexity index is 832. The number of carbonyl (C=O) groups excluding carboxylic acids is 2. The van der Waals surface area contributed by atoms with E-state index >= 15 is 0 Å². The van der Waals surface area contributed by atoms with Crippen LogP contribution in [0.1, 0.15) is 41.6 Å². The van der Waals surface area contributed by atoms with Gasteiger partial charge >= 0.3 is 5.97 Å². The lowest BCUT2D eigenvalue weighted by Crippen LogP contribution is -2.36. The minimum absolute atomic E-state index is 0. The summed E-state index contributed by atoms with van der Waals surface area (Å²) in [5.74, 6) is 0.470. The first kappa shape index (κ1) is 22.4. The normalized spacial score (nSPS) is 18.2. The van der Waals surface area contributed by atoms with Gasteiger partial charge in [0.25, 0.3) is 0 Å². The van der Waals surface area contributed by atoms with Gasteiger partial charge in [-0.1, -0.05) is 30.3 Å². The lowest BCUT2D eigenvalue weighted by Gasteiger charge is -2.27. The maximum Gasteiger partial charge on any atom is 0.314 e. The molecule has 1 aliphatic carbocycles. The summed E-state index contributed by atoms with van der Waals surface area (Å²) in [4.78, 5) is 24.8. The molecule has 0 heterocycles. The number of ether oxygens (including phenoxy) is 1. The molecule has 1 saturated carbocycles. The smallest absolute Gasteiger partial charge is 0.314 e. The van der Waals surface area contributed by atoms with Crippen LogP contribution < -0.4 is 15.8 Å². The Kier molecular flexibility index (Phi) is 8.21. The molecule has 1 fully saturated rings. The van der Waals surface area contributed by atoms with Crippen molar-refractivity contribution in [3.8, 4) is 5.75 Å². The highest BCUT2D eigenvalue weighted by Gasteiger charge is 2.27. The summed E-state index contributed by atoms with van der Waals surface area (Å²) in [5, 5.41) is 10.1. The summed E-state index contributed by atoms with van der Waals surface area (Å²) >= 11 is 0. The minimum Gasteiger partial charge on any atom is -0.426 e. The van der Waals surface area contributed by atoms with E-state index in [4.69, 9.17) is 15.9 Å². The van der Waals surface area contributed by atoms with Crippen molar-refractivity contribution in [2.24, 2.45) is 17.6 Å². The summed E-state index contributed by atoms with van der Waals surface area (Å²) in [6, 6.07) is 15.8. The lowest BCUT2D eigenvalue weighted by atomic mass is 9.82. The number of hydrogen-bond acceptors (Lipinski definition) is 4. The average Bonchev–Trinajstić information content (AvgIpc) is 2.73. The second-order valence-electron chi connectivity index (χ2n) is 7.15. The monoisotopic (exact) mass is 415 g/mol. The number of esters is 1. The molecule has 0 atom stereocenters. The molecule has 0 unspecified atom stereocenters. The minimum atomic E-state index is -0.222. The number of nitrogens with two attached hydrogens (primary N) is 1. The largest absolute Gasteiger partial charge is 0.426 e. The Morgan fingerprint density at radius 3 is 2.14 bits per heavy atom. The third-order valence-corrected chi connectivity index (χ3v) is 5.13. The molecular formula is C22H26ClN3O3. The number of guanidine groups is 1. The third-order valence-electron chi connectivity index (χ3n) is 5.13. The van der Waals surface area contributed by atoms with Crippen LogP contribution in [0.5, 0.6) is 5.75 Å². The van der Waals surface area contributed by atoms with Gasteiger partial charge in [0.1, 0.15) is 5.75 Å². The second-order valence-corrected chi connectivity index (χ2v) is 7.15. The maximum absolute atomic E-state index is 12.4. The van der Waals surface area contributed by atoms with Gasteiger partial charge in [0, 0.05) is 17.7 Å². The summed E-state index contributed by atoms with van der Waals surface area (Å²) < 4.78 is 5.51. The van der Waals surface area contributed by atoms with Gasteiger partial charge in [0.15, 0.2) is 11.7 Å². The number of nitrogens with one attached hydrogen (secondary N) is 2. The van der Waals surface area contributed by atoms with Gasteiger partial charge < -0.3 is 15.8 Å². The zero-order valence-electron chi connectivity index (χ0n) is 16.1. The van der Waals surface area contributed by atoms with Crippen molar-refractivity contribution < 1.29 is 14.3 Å². The van der Waals surface area contributed by atoms with E-state index in [-0.39, 0.29) is 36.0 Å². The van der Waals surface area contributed by atoms with Crippen molar-refractivity contribution in [1.29, 1.82) is 5.41 Å². The first-order valence-corrected chi connectivity index (χ1v) is 9.52. The molecule has 3 rings (SSSR count). The van der Waals surface area contributed by atoms with E-state index in [0.29, 0.717) is 29.3 Å². The predicted octanol–water partition coefficient (Wildman–Crippen LogP) is 3.53. The molecule has 0 bridgehead atoms. The molecular weight excluding hydrogens is 390 g/mol. The van der Waals surface area contributed by atoms with Crippen LogP contribution in [-0.4, -0.2) is 24.3 Å². The molecule has 1 aliphatic rings. The van der Waals surface area contributed by atoms with Gasteiger partial charge in [-0.25, -0.2) is 0 Å². The van der Waals surface area contributed by atoms with Crippen molar-refractivity contribution in [2.75, 3.05) is 6.54 Å². The predicted molar refractivity (Wildman–Crippen MR) is 115 cm³/mol. The van der Waals surface area contributed by atoms with Crippen LogP contribution in [-0.2, 0) is 4.79 Å². The van der Waals surface area contributed by atoms with Crippen LogP contribution in [0, 0.1) is 17.2 Å². The molecule has 0 aliphatic heterocycles. The van der Waals surface area contributed by atoms with Crippen molar-refractivity contribution >= 4 is 30.1 Å². The van der Waals surface area contributed by atoms with Gasteiger partial charge in [-0.3, -0.25) is 15.0 Å². The van der Waals surface area contributed by atoms with Crippen LogP contribution in [0.3, 0.4) is 0 Å². The number of carbonyl (C=O) groups is 2. The highest BCUT2D eigenvalue weighted by atomic mass is 35.5. The number of rotatable bonds is 6. The van der Waals surface area contributed by atoms with E-state index in [1.54, 1.807) is 36.4 Å². The Hall–Kier alpha value is -2.86. The van der Waals surface area contributed by atoms with Gasteiger partial charge in [-0.15, -0.1) is 12.4 Å². The number of benzene rings is 2. The van der Waals surface area contributed by atoms with Crippen molar-refractivity contribution in [2.45, 2.75) is 25.7 Å². The van der Waals surface area contributed by atoms with Crippen LogP contribution in [0.4, 0.5) is 0 Å². The van der Waals surface area contributed by atoms with Crippen LogP contribution in [0.15, 0.2) is 54.6 Å². The second kappa shape index (κ2) is 10.6. The topological polar surface area (TPSA) is 105 Å². The Balaban J connectivity index is 0.00000300. The molecule has 29 heavy (non-hydrogen) atoms. The quantitative estimate of drug-likeness (QED) is 0.220. The molecule has 0 spiro atoms. The van der Waals surface area contributed by atoms with E-state index in [1.165, 1.54) is 0 Å². The van der Waals surface area contributed by atoms with Gasteiger partial charge in [-0.05, 0) is 55.9 Å². The van der Waals surface area contributed by atoms with Crippen LogP contribution in [0.25, 0.3) is 0 Å². The Morgan fingerprint density at radius 2 is 1.55 bits per heavy atom. The van der Waals surface area contributed by atoms with Gasteiger partial charge in [0.2, 0.25) is 0 Å². The SMILES string of the molecule is Cl.N=C(N)NCC1CCC(C(=O)Oc2ccc(C(=O)c3ccccc3)cc2)CC1. The first-order chi connectivity index (χ1) is 13.5. The number of hydrogen-bond donors (Lipinski definition) is 3. The summed E-state index contributed by atoms with van der Waals surface area (Å²) in [6.45, 7) is 0.675. The summed E-state index contributed by atoms with van der Waals surface area (Å²) in [5.41, 5.74) is 6.50. The standard InChI is InChI=1S/C22H25N3O3.ClH/c23-22(24)25-14-15-6-8-18(9-7-15)21(27)28-19-12-10-17(11-13-19)20(26)16-4-2-1-3-5-16;/h1-5,10-13,15,18H,6-9,14H2,(H4,23,24,25);1H. The van der Waals surface area contributed by atoms with E-state index in [9.17, 15) is 9.59 Å². The highest BCUT2D eigenvalue weighted by molar-refractivity contribution is 6.09. The fourth-order valence-corrected chi connectivity index (χ4v) is 3.49. The summed E-state index contributed by atoms with van der Waals surface area (Å²) in [6.07, 6.45) is 3.36. The zero-order chi connectivity index (χ0) is 19.9. The van der Waals surface area contributed by atoms with E-state index in [2.05, 4.69) is 5.32 Å². The molecule has 6 nitrogen and oxygen atoms in total. The molecule has 0 amide bonds. The zero-order valence-corrected chi connectivity index (χ0v) is 16.9. The maximum atomic E-state index is 12.4. The van der Waals surface area contributed by atoms with Gasteiger partial charge in [-0.2, -0.15) is 0 Å². The molecule has 0 saturated heterocycles. The molecule has 7 heteroatoms. The molecule has 2 aromatic rings. The Labute approximate surface area is 176 Å². The van der Waals surface area contributed by atoms with Crippen molar-refractivity contribution in [3.05, 3.63) is 65.7 Å². The first-order valence-electron chi connectivity index (χ1n) is 9.52.